The molecule has 3 heterocycles. The van der Waals surface area contributed by atoms with E-state index in [1.54, 1.807) is 24.6 Å². The number of guanidine groups is 1. The number of hydrogen-bond donors (Lipinski definition) is 2. The van der Waals surface area contributed by atoms with Crippen molar-refractivity contribution in [1.82, 2.24) is 25.8 Å². The predicted molar refractivity (Wildman–Crippen MR) is 98.5 cm³/mol. The Labute approximate surface area is 150 Å². The fraction of sp³-hybridized carbons (Fsp3) is 0.294. The molecular weight excluding hydrogens is 336 g/mol. The molecule has 0 saturated carbocycles. The number of rotatable bonds is 6. The van der Waals surface area contributed by atoms with Crippen LogP contribution in [0.3, 0.4) is 0 Å². The van der Waals surface area contributed by atoms with Gasteiger partial charge in [-0.1, -0.05) is 11.2 Å². The molecule has 0 amide bonds. The summed E-state index contributed by atoms with van der Waals surface area (Å²) in [5.41, 5.74) is 0.679. The molecular formula is C17H20N6OS. The number of aliphatic imine (C=N–C) groups is 1. The molecule has 0 fully saturated rings. The van der Waals surface area contributed by atoms with Gasteiger partial charge in [0.15, 0.2) is 11.8 Å². The minimum Gasteiger partial charge on any atom is -0.356 e. The van der Waals surface area contributed by atoms with Gasteiger partial charge in [0.25, 0.3) is 5.89 Å². The quantitative estimate of drug-likeness (QED) is 0.521. The normalized spacial score (nSPS) is 11.5. The van der Waals surface area contributed by atoms with E-state index in [-0.39, 0.29) is 0 Å². The van der Waals surface area contributed by atoms with Crippen LogP contribution in [0.2, 0.25) is 0 Å². The maximum absolute atomic E-state index is 5.25. The first kappa shape index (κ1) is 17.1. The highest BCUT2D eigenvalue weighted by molar-refractivity contribution is 7.11. The summed E-state index contributed by atoms with van der Waals surface area (Å²) in [7, 11) is 1.75. The molecule has 3 rings (SSSR count). The van der Waals surface area contributed by atoms with Crippen LogP contribution in [0.15, 0.2) is 46.0 Å². The molecule has 0 bridgehead atoms. The lowest BCUT2D eigenvalue weighted by Gasteiger charge is -2.10. The molecule has 0 spiro atoms. The van der Waals surface area contributed by atoms with Crippen molar-refractivity contribution in [2.75, 3.05) is 13.6 Å². The monoisotopic (exact) mass is 356 g/mol. The van der Waals surface area contributed by atoms with E-state index in [2.05, 4.69) is 49.8 Å². The Morgan fingerprint density at radius 3 is 2.88 bits per heavy atom. The summed E-state index contributed by atoms with van der Waals surface area (Å²) in [6.07, 6.45) is 2.33. The average molecular weight is 356 g/mol. The minimum atomic E-state index is 0.436. The molecule has 7 nitrogen and oxygen atoms in total. The molecule has 2 N–H and O–H groups in total. The Bertz CT molecular complexity index is 827. The number of aromatic nitrogens is 3. The first-order chi connectivity index (χ1) is 12.2. The lowest BCUT2D eigenvalue weighted by molar-refractivity contribution is 0.421. The van der Waals surface area contributed by atoms with Crippen molar-refractivity contribution in [2.24, 2.45) is 4.99 Å². The van der Waals surface area contributed by atoms with Crippen LogP contribution in [0, 0.1) is 6.92 Å². The summed E-state index contributed by atoms with van der Waals surface area (Å²) < 4.78 is 5.25. The van der Waals surface area contributed by atoms with Gasteiger partial charge in [0, 0.05) is 36.0 Å². The van der Waals surface area contributed by atoms with Crippen molar-refractivity contribution in [3.05, 3.63) is 52.1 Å². The molecule has 0 aliphatic carbocycles. The zero-order chi connectivity index (χ0) is 17.5. The second-order valence-corrected chi connectivity index (χ2v) is 6.72. The van der Waals surface area contributed by atoms with E-state index in [4.69, 9.17) is 4.52 Å². The summed E-state index contributed by atoms with van der Waals surface area (Å²) in [6.45, 7) is 3.51. The molecule has 130 valence electrons. The van der Waals surface area contributed by atoms with Crippen molar-refractivity contribution >= 4 is 17.3 Å². The Morgan fingerprint density at radius 1 is 1.24 bits per heavy atom. The van der Waals surface area contributed by atoms with Crippen LogP contribution in [-0.4, -0.2) is 34.7 Å². The third-order valence-corrected chi connectivity index (χ3v) is 4.44. The van der Waals surface area contributed by atoms with Crippen LogP contribution < -0.4 is 10.6 Å². The second-order valence-electron chi connectivity index (χ2n) is 5.35. The van der Waals surface area contributed by atoms with E-state index >= 15 is 0 Å². The molecule has 0 radical (unpaired) electrons. The Morgan fingerprint density at radius 2 is 2.16 bits per heavy atom. The van der Waals surface area contributed by atoms with E-state index in [1.807, 2.05) is 18.2 Å². The van der Waals surface area contributed by atoms with Gasteiger partial charge in [-0.3, -0.25) is 9.98 Å². The maximum Gasteiger partial charge on any atom is 0.276 e. The van der Waals surface area contributed by atoms with Crippen molar-refractivity contribution in [3.8, 4) is 11.6 Å². The maximum atomic E-state index is 5.25. The zero-order valence-electron chi connectivity index (χ0n) is 14.2. The fourth-order valence-corrected chi connectivity index (χ4v) is 3.04. The summed E-state index contributed by atoms with van der Waals surface area (Å²) in [5, 5.41) is 10.5. The van der Waals surface area contributed by atoms with Crippen molar-refractivity contribution in [3.63, 3.8) is 0 Å². The van der Waals surface area contributed by atoms with Crippen LogP contribution in [0.1, 0.15) is 15.6 Å². The van der Waals surface area contributed by atoms with E-state index in [0.29, 0.717) is 30.4 Å². The van der Waals surface area contributed by atoms with Crippen molar-refractivity contribution < 1.29 is 4.52 Å². The van der Waals surface area contributed by atoms with Gasteiger partial charge in [-0.05, 0) is 31.2 Å². The lowest BCUT2D eigenvalue weighted by atomic mass is 10.3. The topological polar surface area (TPSA) is 88.2 Å². The van der Waals surface area contributed by atoms with Gasteiger partial charge in [0.1, 0.15) is 5.69 Å². The highest BCUT2D eigenvalue weighted by Gasteiger charge is 2.09. The summed E-state index contributed by atoms with van der Waals surface area (Å²) in [5.74, 6) is 1.82. The van der Waals surface area contributed by atoms with E-state index in [0.717, 1.165) is 12.5 Å². The van der Waals surface area contributed by atoms with E-state index < -0.39 is 0 Å². The van der Waals surface area contributed by atoms with Gasteiger partial charge in [-0.2, -0.15) is 4.98 Å². The fourth-order valence-electron chi connectivity index (χ4n) is 2.21. The summed E-state index contributed by atoms with van der Waals surface area (Å²) in [4.78, 5) is 15.4. The third kappa shape index (κ3) is 4.87. The summed E-state index contributed by atoms with van der Waals surface area (Å²) in [6, 6.07) is 9.82. The third-order valence-electron chi connectivity index (χ3n) is 3.44. The van der Waals surface area contributed by atoms with Crippen LogP contribution in [0.5, 0.6) is 0 Å². The van der Waals surface area contributed by atoms with E-state index in [1.165, 1.54) is 9.75 Å². The standard InChI is InChI=1S/C17H20N6OS/c1-12-6-7-13(25-12)11-21-17(18-2)20-10-8-15-22-16(24-23-15)14-5-3-4-9-19-14/h3-7,9H,8,10-11H2,1-2H3,(H2,18,20,21). The van der Waals surface area contributed by atoms with Crippen LogP contribution >= 0.6 is 11.3 Å². The molecule has 3 aromatic rings. The number of hydrogen-bond acceptors (Lipinski definition) is 6. The van der Waals surface area contributed by atoms with Gasteiger partial charge in [0.2, 0.25) is 0 Å². The van der Waals surface area contributed by atoms with Gasteiger partial charge in [-0.15, -0.1) is 11.3 Å². The molecule has 25 heavy (non-hydrogen) atoms. The minimum absolute atomic E-state index is 0.436. The smallest absolute Gasteiger partial charge is 0.276 e. The summed E-state index contributed by atoms with van der Waals surface area (Å²) >= 11 is 1.78. The van der Waals surface area contributed by atoms with Crippen LogP contribution in [-0.2, 0) is 13.0 Å². The molecule has 0 aliphatic rings. The van der Waals surface area contributed by atoms with Gasteiger partial charge in [0.05, 0.1) is 6.54 Å². The Kier molecular flexibility index (Phi) is 5.73. The zero-order valence-corrected chi connectivity index (χ0v) is 15.0. The Hall–Kier alpha value is -2.74. The molecule has 8 heteroatoms. The second kappa shape index (κ2) is 8.39. The number of pyridine rings is 1. The molecule has 0 aromatic carbocycles. The van der Waals surface area contributed by atoms with Gasteiger partial charge in [-0.25, -0.2) is 0 Å². The van der Waals surface area contributed by atoms with Gasteiger partial charge < -0.3 is 15.2 Å². The molecule has 3 aromatic heterocycles. The van der Waals surface area contributed by atoms with Gasteiger partial charge >= 0.3 is 0 Å². The molecule has 0 atom stereocenters. The number of aryl methyl sites for hydroxylation is 1. The SMILES string of the molecule is CN=C(NCCc1noc(-c2ccccn2)n1)NCc1ccc(C)s1. The lowest BCUT2D eigenvalue weighted by Crippen LogP contribution is -2.37. The first-order valence-corrected chi connectivity index (χ1v) is 8.80. The first-order valence-electron chi connectivity index (χ1n) is 7.98. The molecule has 0 aliphatic heterocycles. The largest absolute Gasteiger partial charge is 0.356 e. The average Bonchev–Trinajstić information content (AvgIpc) is 3.28. The van der Waals surface area contributed by atoms with E-state index in [9.17, 15) is 0 Å². The predicted octanol–water partition coefficient (Wildman–Crippen LogP) is 2.41. The highest BCUT2D eigenvalue weighted by atomic mass is 32.1. The highest BCUT2D eigenvalue weighted by Crippen LogP contribution is 2.14. The van der Waals surface area contributed by atoms with Crippen LogP contribution in [0.25, 0.3) is 11.6 Å². The Balaban J connectivity index is 1.46. The van der Waals surface area contributed by atoms with Crippen LogP contribution in [0.4, 0.5) is 0 Å². The number of nitrogens with one attached hydrogen (secondary N) is 2. The van der Waals surface area contributed by atoms with Crippen molar-refractivity contribution in [2.45, 2.75) is 19.9 Å². The van der Waals surface area contributed by atoms with Crippen molar-refractivity contribution in [1.29, 1.82) is 0 Å². The molecule has 0 saturated heterocycles. The number of thiophene rings is 1. The number of nitrogens with zero attached hydrogens (tertiary/aromatic N) is 4. The molecule has 0 unspecified atom stereocenters.